The third-order valence-electron chi connectivity index (χ3n) is 7.67. The van der Waals surface area contributed by atoms with Gasteiger partial charge in [-0.15, -0.1) is 10.2 Å². The number of hydrogen-bond acceptors (Lipinski definition) is 15. The maximum Gasteiger partial charge on any atom is 0.304 e. The van der Waals surface area contributed by atoms with E-state index in [2.05, 4.69) is 25.6 Å². The molecule has 0 saturated carbocycles. The number of H-pyrrole nitrogens is 1. The lowest BCUT2D eigenvalue weighted by Gasteiger charge is -2.46. The molecule has 4 aromatic rings. The fourth-order valence-corrected chi connectivity index (χ4v) is 7.33. The molecule has 0 radical (unpaired) electrons. The molecule has 0 bridgehead atoms. The van der Waals surface area contributed by atoms with Gasteiger partial charge >= 0.3 is 4.87 Å². The number of thioether (sulfide) groups is 1. The summed E-state index contributed by atoms with van der Waals surface area (Å²) in [7, 11) is 0. The first kappa shape index (κ1) is 33.0. The lowest BCUT2D eigenvalue weighted by Crippen LogP contribution is -2.58. The van der Waals surface area contributed by atoms with Gasteiger partial charge in [0.1, 0.15) is 87.6 Å². The highest BCUT2D eigenvalue weighted by Gasteiger charge is 2.51. The minimum Gasteiger partial charge on any atom is -0.394 e. The van der Waals surface area contributed by atoms with Gasteiger partial charge in [0, 0.05) is 10.9 Å². The first-order valence-corrected chi connectivity index (χ1v) is 15.8. The first-order valence-electron chi connectivity index (χ1n) is 13.6. The van der Waals surface area contributed by atoms with Gasteiger partial charge in [-0.2, -0.15) is 0 Å². The number of aliphatic hydroxyl groups is 6. The first-order chi connectivity index (χ1) is 22.0. The van der Waals surface area contributed by atoms with Gasteiger partial charge in [0.2, 0.25) is 0 Å². The third kappa shape index (κ3) is 6.10. The smallest absolute Gasteiger partial charge is 0.304 e. The van der Waals surface area contributed by atoms with E-state index < -0.39 is 89.5 Å². The third-order valence-corrected chi connectivity index (χ3v) is 10.0. The molecule has 0 spiro atoms. The maximum atomic E-state index is 14.1. The zero-order chi connectivity index (χ0) is 32.9. The molecule has 6 unspecified atom stereocenters. The quantitative estimate of drug-likeness (QED) is 0.112. The average Bonchev–Trinajstić information content (AvgIpc) is 3.80. The summed E-state index contributed by atoms with van der Waals surface area (Å²) >= 11 is 7.22. The molecule has 3 aromatic heterocycles. The van der Waals surface area contributed by atoms with Crippen molar-refractivity contribution in [2.24, 2.45) is 0 Å². The molecule has 7 N–H and O–H groups in total. The normalized spacial score (nSPS) is 31.8. The predicted octanol–water partition coefficient (Wildman–Crippen LogP) is -0.721. The van der Waals surface area contributed by atoms with E-state index in [-0.39, 0.29) is 21.8 Å². The Morgan fingerprint density at radius 1 is 0.870 bits per heavy atom. The van der Waals surface area contributed by atoms with E-state index in [0.29, 0.717) is 5.69 Å². The number of halogens is 3. The highest BCUT2D eigenvalue weighted by molar-refractivity contribution is 8.00. The summed E-state index contributed by atoms with van der Waals surface area (Å²) < 4.78 is 41.9. The minimum atomic E-state index is -1.60. The lowest BCUT2D eigenvalue weighted by atomic mass is 9.97. The standard InChI is InChI=1S/C25H26ClF2N7O9S2/c26-16-9(27)1-8(2-10(16)28)11-3-34(32-30-11)17-19(38)14(5-36)43-23(21(17)40)46-24-22(41)18(20(39)15(6-37)44-24)35-4-12(31-33-35)13-7-45-25(42)29-13/h1-4,7,14-15,17-24,36-41H,5-6H2,(H,29,42)/t14?,15-,17?,18?,19+,20?,21?,22-,23+,24?/m1/s1. The summed E-state index contributed by atoms with van der Waals surface area (Å²) in [4.78, 5) is 13.8. The number of ether oxygens (including phenoxy) is 2. The van der Waals surface area contributed by atoms with Crippen LogP contribution in [0.15, 0.2) is 34.7 Å². The van der Waals surface area contributed by atoms with Crippen LogP contribution < -0.4 is 4.87 Å². The predicted molar refractivity (Wildman–Crippen MR) is 156 cm³/mol. The summed E-state index contributed by atoms with van der Waals surface area (Å²) in [6.07, 6.45) is -6.04. The Bertz CT molecular complexity index is 1720. The molecule has 2 saturated heterocycles. The van der Waals surface area contributed by atoms with Crippen LogP contribution in [-0.2, 0) is 9.47 Å². The molecule has 2 aliphatic rings. The van der Waals surface area contributed by atoms with E-state index in [0.717, 1.165) is 39.9 Å². The van der Waals surface area contributed by atoms with Crippen LogP contribution in [0, 0.1) is 11.6 Å². The van der Waals surface area contributed by atoms with Crippen LogP contribution in [-0.4, -0.2) is 126 Å². The number of aromatic nitrogens is 7. The Kier molecular flexibility index (Phi) is 9.56. The Labute approximate surface area is 269 Å². The highest BCUT2D eigenvalue weighted by atomic mass is 35.5. The summed E-state index contributed by atoms with van der Waals surface area (Å²) in [5.74, 6) is -2.07. The van der Waals surface area contributed by atoms with E-state index in [1.54, 1.807) is 0 Å². The highest BCUT2D eigenvalue weighted by Crippen LogP contribution is 2.42. The van der Waals surface area contributed by atoms with E-state index in [9.17, 15) is 44.2 Å². The van der Waals surface area contributed by atoms with E-state index in [4.69, 9.17) is 21.1 Å². The molecule has 248 valence electrons. The van der Waals surface area contributed by atoms with Gasteiger partial charge in [0.15, 0.2) is 0 Å². The van der Waals surface area contributed by atoms with Crippen molar-refractivity contribution in [2.75, 3.05) is 13.2 Å². The Morgan fingerprint density at radius 2 is 1.37 bits per heavy atom. The fourth-order valence-electron chi connectivity index (χ4n) is 5.33. The van der Waals surface area contributed by atoms with Crippen molar-refractivity contribution in [3.05, 3.63) is 56.2 Å². The molecule has 2 aliphatic heterocycles. The second-order valence-electron chi connectivity index (χ2n) is 10.5. The van der Waals surface area contributed by atoms with Crippen molar-refractivity contribution < 1.29 is 48.9 Å². The van der Waals surface area contributed by atoms with Gasteiger partial charge in [-0.05, 0) is 12.1 Å². The average molecular weight is 706 g/mol. The molecule has 2 fully saturated rings. The SMILES string of the molecule is O=c1[nH]c(-c2cn(C3C(O)[C@@H](CO)OC(S[C@@H]4OC(CO)[C@H](O)C(n5cc(-c6cc(F)c(Cl)c(F)c6)nn5)C4O)[C@@H]3O)nn2)cs1. The van der Waals surface area contributed by atoms with Gasteiger partial charge in [0.25, 0.3) is 0 Å². The van der Waals surface area contributed by atoms with Crippen LogP contribution >= 0.6 is 34.7 Å². The second kappa shape index (κ2) is 13.3. The molecule has 5 heterocycles. The molecular formula is C25H26ClF2N7O9S2. The van der Waals surface area contributed by atoms with E-state index in [1.807, 2.05) is 0 Å². The largest absolute Gasteiger partial charge is 0.394 e. The van der Waals surface area contributed by atoms with Gasteiger partial charge in [-0.25, -0.2) is 18.1 Å². The fraction of sp³-hybridized carbons (Fsp3) is 0.480. The molecule has 1 aromatic carbocycles. The maximum absolute atomic E-state index is 14.1. The number of aliphatic hydroxyl groups excluding tert-OH is 6. The Balaban J connectivity index is 1.25. The number of rotatable bonds is 8. The van der Waals surface area contributed by atoms with Crippen molar-refractivity contribution in [1.29, 1.82) is 0 Å². The van der Waals surface area contributed by atoms with Crippen LogP contribution in [0.1, 0.15) is 12.1 Å². The van der Waals surface area contributed by atoms with E-state index in [1.165, 1.54) is 22.5 Å². The molecule has 10 atom stereocenters. The van der Waals surface area contributed by atoms with Gasteiger partial charge < -0.3 is 45.1 Å². The summed E-state index contributed by atoms with van der Waals surface area (Å²) in [5, 5.41) is 81.1. The summed E-state index contributed by atoms with van der Waals surface area (Å²) in [5.41, 5.74) is -2.01. The van der Waals surface area contributed by atoms with Crippen LogP contribution in [0.5, 0.6) is 0 Å². The number of benzene rings is 1. The molecule has 6 rings (SSSR count). The topological polar surface area (TPSA) is 234 Å². The van der Waals surface area contributed by atoms with E-state index >= 15 is 0 Å². The molecule has 21 heteroatoms. The van der Waals surface area contributed by atoms with Crippen molar-refractivity contribution in [2.45, 2.75) is 59.6 Å². The number of hydrogen-bond donors (Lipinski definition) is 7. The number of nitrogens with zero attached hydrogens (tertiary/aromatic N) is 6. The molecule has 0 amide bonds. The van der Waals surface area contributed by atoms with Crippen molar-refractivity contribution in [3.8, 4) is 22.6 Å². The second-order valence-corrected chi connectivity index (χ2v) is 12.9. The molecular weight excluding hydrogens is 680 g/mol. The van der Waals surface area contributed by atoms with Crippen LogP contribution in [0.2, 0.25) is 5.02 Å². The van der Waals surface area contributed by atoms with Crippen LogP contribution in [0.4, 0.5) is 8.78 Å². The molecule has 46 heavy (non-hydrogen) atoms. The van der Waals surface area contributed by atoms with Gasteiger partial charge in [0.05, 0.1) is 31.3 Å². The monoisotopic (exact) mass is 705 g/mol. The van der Waals surface area contributed by atoms with Gasteiger partial charge in [-0.3, -0.25) is 4.79 Å². The Hall–Kier alpha value is -2.89. The molecule has 16 nitrogen and oxygen atoms in total. The summed E-state index contributed by atoms with van der Waals surface area (Å²) in [6, 6.07) is -0.654. The zero-order valence-corrected chi connectivity index (χ0v) is 25.5. The van der Waals surface area contributed by atoms with Crippen LogP contribution in [0.3, 0.4) is 0 Å². The van der Waals surface area contributed by atoms with Crippen LogP contribution in [0.25, 0.3) is 22.6 Å². The number of thiazole rings is 1. The van der Waals surface area contributed by atoms with Crippen molar-refractivity contribution in [1.82, 2.24) is 35.0 Å². The Morgan fingerprint density at radius 3 is 1.85 bits per heavy atom. The molecule has 0 aliphatic carbocycles. The number of nitrogens with one attached hydrogen (secondary N) is 1. The lowest BCUT2D eigenvalue weighted by molar-refractivity contribution is -0.189. The van der Waals surface area contributed by atoms with Gasteiger partial charge in [-0.1, -0.05) is 45.1 Å². The zero-order valence-electron chi connectivity index (χ0n) is 23.1. The number of aromatic amines is 1. The van der Waals surface area contributed by atoms with Crippen molar-refractivity contribution in [3.63, 3.8) is 0 Å². The minimum absolute atomic E-state index is 0.0162. The summed E-state index contributed by atoms with van der Waals surface area (Å²) in [6.45, 7) is -1.36. The van der Waals surface area contributed by atoms with Crippen molar-refractivity contribution >= 4 is 34.7 Å².